The predicted octanol–water partition coefficient (Wildman–Crippen LogP) is 4.87. The van der Waals surface area contributed by atoms with Crippen LogP contribution in [0, 0.1) is 10.1 Å². The van der Waals surface area contributed by atoms with Gasteiger partial charge in [-0.2, -0.15) is 0 Å². The minimum absolute atomic E-state index is 0.00297. The lowest BCUT2D eigenvalue weighted by atomic mass is 10.1. The molecule has 1 heterocycles. The molecule has 0 saturated carbocycles. The van der Waals surface area contributed by atoms with Gasteiger partial charge in [-0.15, -0.1) is 0 Å². The third-order valence-corrected chi connectivity index (χ3v) is 3.99. The lowest BCUT2D eigenvalue weighted by Crippen LogP contribution is -1.98. The third-order valence-electron chi connectivity index (χ3n) is 3.99. The highest BCUT2D eigenvalue weighted by molar-refractivity contribution is 5.93. The maximum Gasteiger partial charge on any atom is 0.280 e. The Labute approximate surface area is 143 Å². The van der Waals surface area contributed by atoms with E-state index in [4.69, 9.17) is 0 Å². The molecule has 0 radical (unpaired) electrons. The van der Waals surface area contributed by atoms with Crippen molar-refractivity contribution < 1.29 is 4.92 Å². The lowest BCUT2D eigenvalue weighted by molar-refractivity contribution is -0.384. The quantitative estimate of drug-likeness (QED) is 0.397. The molecular weight excluding hydrogens is 314 g/mol. The monoisotopic (exact) mass is 327 g/mol. The summed E-state index contributed by atoms with van der Waals surface area (Å²) < 4.78 is 0. The first kappa shape index (κ1) is 15.0. The number of nitro groups is 1. The van der Waals surface area contributed by atoms with Crippen LogP contribution in [0.4, 0.5) is 5.69 Å². The molecule has 0 amide bonds. The van der Waals surface area contributed by atoms with Gasteiger partial charge in [-0.1, -0.05) is 60.7 Å². The number of aromatic nitrogens is 2. The molecule has 4 aromatic rings. The van der Waals surface area contributed by atoms with Crippen molar-refractivity contribution in [1.29, 1.82) is 0 Å². The Morgan fingerprint density at radius 1 is 0.760 bits per heavy atom. The number of hydrogen-bond acceptors (Lipinski definition) is 4. The van der Waals surface area contributed by atoms with Crippen LogP contribution in [-0.2, 0) is 0 Å². The zero-order valence-electron chi connectivity index (χ0n) is 13.2. The van der Waals surface area contributed by atoms with Crippen molar-refractivity contribution in [2.45, 2.75) is 0 Å². The van der Waals surface area contributed by atoms with E-state index < -0.39 is 4.92 Å². The van der Waals surface area contributed by atoms with E-state index in [0.29, 0.717) is 11.4 Å². The van der Waals surface area contributed by atoms with Crippen molar-refractivity contribution in [2.24, 2.45) is 0 Å². The average molecular weight is 327 g/mol. The summed E-state index contributed by atoms with van der Waals surface area (Å²) in [6.45, 7) is 0. The zero-order chi connectivity index (χ0) is 17.2. The molecule has 0 fully saturated rings. The molecule has 0 aliphatic rings. The predicted molar refractivity (Wildman–Crippen MR) is 97.1 cm³/mol. The van der Waals surface area contributed by atoms with Gasteiger partial charge in [-0.05, 0) is 12.1 Å². The molecule has 5 heteroatoms. The van der Waals surface area contributed by atoms with Crippen LogP contribution in [0.15, 0.2) is 78.9 Å². The summed E-state index contributed by atoms with van der Waals surface area (Å²) in [6.07, 6.45) is 0. The number of benzene rings is 3. The Morgan fingerprint density at radius 3 is 2.24 bits per heavy atom. The number of para-hydroxylation sites is 2. The molecule has 25 heavy (non-hydrogen) atoms. The number of rotatable bonds is 3. The van der Waals surface area contributed by atoms with E-state index in [1.807, 2.05) is 54.6 Å². The summed E-state index contributed by atoms with van der Waals surface area (Å²) >= 11 is 0. The van der Waals surface area contributed by atoms with Crippen molar-refractivity contribution in [2.75, 3.05) is 0 Å². The van der Waals surface area contributed by atoms with E-state index in [9.17, 15) is 10.1 Å². The topological polar surface area (TPSA) is 68.9 Å². The third kappa shape index (κ3) is 2.72. The van der Waals surface area contributed by atoms with Crippen molar-refractivity contribution >= 4 is 16.6 Å². The fourth-order valence-corrected chi connectivity index (χ4v) is 2.84. The Bertz CT molecular complexity index is 1080. The fraction of sp³-hybridized carbons (Fsp3) is 0. The van der Waals surface area contributed by atoms with Crippen LogP contribution < -0.4 is 0 Å². The van der Waals surface area contributed by atoms with Gasteiger partial charge in [0.2, 0.25) is 0 Å². The van der Waals surface area contributed by atoms with Gasteiger partial charge in [-0.3, -0.25) is 10.1 Å². The smallest absolute Gasteiger partial charge is 0.258 e. The van der Waals surface area contributed by atoms with Crippen molar-refractivity contribution in [3.63, 3.8) is 0 Å². The SMILES string of the molecule is O=[N+]([O-])c1ccccc1-c1nc(-c2ccccc2)c2ccccc2n1. The van der Waals surface area contributed by atoms with Crippen LogP contribution >= 0.6 is 0 Å². The Morgan fingerprint density at radius 2 is 1.44 bits per heavy atom. The van der Waals surface area contributed by atoms with Crippen LogP contribution in [0.5, 0.6) is 0 Å². The normalized spacial score (nSPS) is 10.7. The largest absolute Gasteiger partial charge is 0.280 e. The molecular formula is C20H13N3O2. The highest BCUT2D eigenvalue weighted by Crippen LogP contribution is 2.32. The molecule has 0 aliphatic heterocycles. The highest BCUT2D eigenvalue weighted by atomic mass is 16.6. The summed E-state index contributed by atoms with van der Waals surface area (Å²) in [5.74, 6) is 0.352. The number of nitrogens with zero attached hydrogens (tertiary/aromatic N) is 3. The molecule has 0 aliphatic carbocycles. The lowest BCUT2D eigenvalue weighted by Gasteiger charge is -2.09. The molecule has 3 aromatic carbocycles. The second kappa shape index (κ2) is 6.13. The van der Waals surface area contributed by atoms with Crippen LogP contribution in [0.1, 0.15) is 0 Å². The van der Waals surface area contributed by atoms with E-state index in [0.717, 1.165) is 22.2 Å². The Hall–Kier alpha value is -3.60. The van der Waals surface area contributed by atoms with Crippen molar-refractivity contribution in [1.82, 2.24) is 9.97 Å². The van der Waals surface area contributed by atoms with E-state index in [-0.39, 0.29) is 5.69 Å². The van der Waals surface area contributed by atoms with Gasteiger partial charge in [-0.25, -0.2) is 9.97 Å². The van der Waals surface area contributed by atoms with Crippen LogP contribution in [-0.4, -0.2) is 14.9 Å². The average Bonchev–Trinajstić information content (AvgIpc) is 2.67. The van der Waals surface area contributed by atoms with E-state index in [2.05, 4.69) is 9.97 Å². The fourth-order valence-electron chi connectivity index (χ4n) is 2.84. The maximum atomic E-state index is 11.4. The molecule has 4 rings (SSSR count). The minimum atomic E-state index is -0.407. The molecule has 0 unspecified atom stereocenters. The summed E-state index contributed by atoms with van der Waals surface area (Å²) in [6, 6.07) is 24.0. The molecule has 5 nitrogen and oxygen atoms in total. The molecule has 0 spiro atoms. The zero-order valence-corrected chi connectivity index (χ0v) is 13.2. The summed E-state index contributed by atoms with van der Waals surface area (Å²) in [5.41, 5.74) is 2.87. The standard InChI is InChI=1S/C20H13N3O2/c24-23(25)18-13-7-5-11-16(18)20-21-17-12-6-4-10-15(17)19(22-20)14-8-2-1-3-9-14/h1-13H. The summed E-state index contributed by atoms with van der Waals surface area (Å²) in [7, 11) is 0. The van der Waals surface area contributed by atoms with Gasteiger partial charge in [0.25, 0.3) is 5.69 Å². The number of fused-ring (bicyclic) bond motifs is 1. The maximum absolute atomic E-state index is 11.4. The van der Waals surface area contributed by atoms with Crippen LogP contribution in [0.3, 0.4) is 0 Å². The number of hydrogen-bond donors (Lipinski definition) is 0. The van der Waals surface area contributed by atoms with Gasteiger partial charge >= 0.3 is 0 Å². The van der Waals surface area contributed by atoms with Crippen molar-refractivity contribution in [3.05, 3.63) is 89.0 Å². The second-order valence-corrected chi connectivity index (χ2v) is 5.55. The Kier molecular flexibility index (Phi) is 3.67. The molecule has 0 bridgehead atoms. The van der Waals surface area contributed by atoms with E-state index in [1.54, 1.807) is 18.2 Å². The van der Waals surface area contributed by atoms with Gasteiger partial charge in [0.05, 0.1) is 21.7 Å². The highest BCUT2D eigenvalue weighted by Gasteiger charge is 2.18. The van der Waals surface area contributed by atoms with Gasteiger partial charge in [0.1, 0.15) is 0 Å². The first-order valence-corrected chi connectivity index (χ1v) is 7.80. The van der Waals surface area contributed by atoms with Crippen LogP contribution in [0.25, 0.3) is 33.5 Å². The number of nitro benzene ring substituents is 1. The van der Waals surface area contributed by atoms with Gasteiger partial charge in [0, 0.05) is 17.0 Å². The first-order chi connectivity index (χ1) is 12.2. The molecule has 1 aromatic heterocycles. The summed E-state index contributed by atoms with van der Waals surface area (Å²) in [4.78, 5) is 20.2. The molecule has 0 N–H and O–H groups in total. The molecule has 120 valence electrons. The van der Waals surface area contributed by atoms with Gasteiger partial charge in [0.15, 0.2) is 5.82 Å². The molecule has 0 saturated heterocycles. The molecule has 0 atom stereocenters. The first-order valence-electron chi connectivity index (χ1n) is 7.80. The van der Waals surface area contributed by atoms with E-state index in [1.165, 1.54) is 6.07 Å². The van der Waals surface area contributed by atoms with Crippen LogP contribution in [0.2, 0.25) is 0 Å². The second-order valence-electron chi connectivity index (χ2n) is 5.55. The van der Waals surface area contributed by atoms with E-state index >= 15 is 0 Å². The van der Waals surface area contributed by atoms with Crippen molar-refractivity contribution in [3.8, 4) is 22.6 Å². The Balaban J connectivity index is 2.03. The summed E-state index contributed by atoms with van der Waals surface area (Å²) in [5, 5.41) is 12.3. The minimum Gasteiger partial charge on any atom is -0.258 e. The van der Waals surface area contributed by atoms with Gasteiger partial charge < -0.3 is 0 Å².